The highest BCUT2D eigenvalue weighted by molar-refractivity contribution is 5.32. The van der Waals surface area contributed by atoms with Crippen LogP contribution in [0.2, 0.25) is 0 Å². The molecule has 1 aliphatic heterocycles. The van der Waals surface area contributed by atoms with Crippen molar-refractivity contribution >= 4 is 0 Å². The molecule has 1 aromatic rings. The van der Waals surface area contributed by atoms with E-state index in [0.717, 1.165) is 31.1 Å². The number of methoxy groups -OCH3 is 1. The van der Waals surface area contributed by atoms with Crippen LogP contribution in [0.1, 0.15) is 6.42 Å². The molecule has 0 saturated carbocycles. The summed E-state index contributed by atoms with van der Waals surface area (Å²) < 4.78 is 16.4. The van der Waals surface area contributed by atoms with Gasteiger partial charge < -0.3 is 19.5 Å². The van der Waals surface area contributed by atoms with Crippen molar-refractivity contribution in [1.82, 2.24) is 5.32 Å². The van der Waals surface area contributed by atoms with Gasteiger partial charge in [0.05, 0.1) is 13.7 Å². The molecule has 18 heavy (non-hydrogen) atoms. The Kier molecular flexibility index (Phi) is 4.84. The average Bonchev–Trinajstić information content (AvgIpc) is 2.94. The molecular formula is C14H21NO3. The Bertz CT molecular complexity index is 364. The molecule has 2 unspecified atom stereocenters. The molecule has 2 rings (SSSR count). The third kappa shape index (κ3) is 3.37. The summed E-state index contributed by atoms with van der Waals surface area (Å²) in [5, 5.41) is 3.31. The van der Waals surface area contributed by atoms with Gasteiger partial charge >= 0.3 is 0 Å². The Morgan fingerprint density at radius 2 is 2.28 bits per heavy atom. The number of hydrogen-bond acceptors (Lipinski definition) is 4. The van der Waals surface area contributed by atoms with Crippen LogP contribution in [0.3, 0.4) is 0 Å². The third-order valence-corrected chi connectivity index (χ3v) is 3.38. The van der Waals surface area contributed by atoms with Gasteiger partial charge in [-0.3, -0.25) is 0 Å². The molecule has 0 aliphatic carbocycles. The normalized spacial score (nSPS) is 20.7. The number of benzene rings is 1. The fourth-order valence-electron chi connectivity index (χ4n) is 2.20. The van der Waals surface area contributed by atoms with Crippen molar-refractivity contribution in [3.8, 4) is 11.5 Å². The second kappa shape index (κ2) is 6.61. The number of hydrogen-bond donors (Lipinski definition) is 1. The minimum absolute atomic E-state index is 0.332. The molecule has 4 nitrogen and oxygen atoms in total. The second-order valence-corrected chi connectivity index (χ2v) is 4.51. The third-order valence-electron chi connectivity index (χ3n) is 3.38. The van der Waals surface area contributed by atoms with Gasteiger partial charge in [0.15, 0.2) is 0 Å². The van der Waals surface area contributed by atoms with Crippen molar-refractivity contribution < 1.29 is 14.2 Å². The minimum atomic E-state index is 0.332. The molecule has 1 aromatic carbocycles. The summed E-state index contributed by atoms with van der Waals surface area (Å²) in [6.45, 7) is 2.34. The zero-order valence-corrected chi connectivity index (χ0v) is 11.0. The molecule has 0 bridgehead atoms. The minimum Gasteiger partial charge on any atom is -0.497 e. The first-order valence-corrected chi connectivity index (χ1v) is 6.35. The van der Waals surface area contributed by atoms with Gasteiger partial charge in [-0.05, 0) is 25.6 Å². The lowest BCUT2D eigenvalue weighted by Gasteiger charge is -2.22. The molecular weight excluding hydrogens is 230 g/mol. The van der Waals surface area contributed by atoms with Gasteiger partial charge in [0.25, 0.3) is 0 Å². The molecule has 2 atom stereocenters. The smallest absolute Gasteiger partial charge is 0.123 e. The summed E-state index contributed by atoms with van der Waals surface area (Å²) in [6, 6.07) is 8.02. The monoisotopic (exact) mass is 251 g/mol. The maximum Gasteiger partial charge on any atom is 0.123 e. The lowest BCUT2D eigenvalue weighted by Crippen LogP contribution is -2.39. The first-order valence-electron chi connectivity index (χ1n) is 6.35. The number of rotatable bonds is 6. The van der Waals surface area contributed by atoms with Crippen molar-refractivity contribution in [3.63, 3.8) is 0 Å². The summed E-state index contributed by atoms with van der Waals surface area (Å²) in [6.07, 6.45) is 1.10. The predicted molar refractivity (Wildman–Crippen MR) is 70.3 cm³/mol. The highest BCUT2D eigenvalue weighted by Crippen LogP contribution is 2.21. The quantitative estimate of drug-likeness (QED) is 0.835. The zero-order valence-electron chi connectivity index (χ0n) is 11.0. The Hall–Kier alpha value is -1.26. The topological polar surface area (TPSA) is 39.7 Å². The molecule has 0 aromatic heterocycles. The van der Waals surface area contributed by atoms with Crippen molar-refractivity contribution in [2.75, 3.05) is 34.0 Å². The fourth-order valence-corrected chi connectivity index (χ4v) is 2.20. The van der Waals surface area contributed by atoms with E-state index >= 15 is 0 Å². The Morgan fingerprint density at radius 1 is 1.44 bits per heavy atom. The number of nitrogens with one attached hydrogen (secondary N) is 1. The molecule has 1 heterocycles. The van der Waals surface area contributed by atoms with E-state index in [9.17, 15) is 0 Å². The van der Waals surface area contributed by atoms with Crippen molar-refractivity contribution in [1.29, 1.82) is 0 Å². The summed E-state index contributed by atoms with van der Waals surface area (Å²) in [5.74, 6) is 2.20. The molecule has 1 fully saturated rings. The van der Waals surface area contributed by atoms with Crippen LogP contribution in [-0.2, 0) is 4.74 Å². The van der Waals surface area contributed by atoms with Crippen LogP contribution >= 0.6 is 0 Å². The van der Waals surface area contributed by atoms with E-state index in [1.54, 1.807) is 7.11 Å². The van der Waals surface area contributed by atoms with Gasteiger partial charge in [-0.15, -0.1) is 0 Å². The van der Waals surface area contributed by atoms with Crippen LogP contribution in [0.15, 0.2) is 24.3 Å². The van der Waals surface area contributed by atoms with Gasteiger partial charge in [0.1, 0.15) is 18.1 Å². The first kappa shape index (κ1) is 13.2. The lowest BCUT2D eigenvalue weighted by molar-refractivity contribution is 0.162. The highest BCUT2D eigenvalue weighted by Gasteiger charge is 2.24. The summed E-state index contributed by atoms with van der Waals surface area (Å²) in [7, 11) is 3.63. The van der Waals surface area contributed by atoms with Gasteiger partial charge in [0.2, 0.25) is 0 Å². The molecule has 0 radical (unpaired) electrons. The van der Waals surface area contributed by atoms with E-state index in [4.69, 9.17) is 14.2 Å². The molecule has 0 amide bonds. The molecule has 1 aliphatic rings. The van der Waals surface area contributed by atoms with Crippen LogP contribution in [0.4, 0.5) is 0 Å². The van der Waals surface area contributed by atoms with Gasteiger partial charge in [-0.1, -0.05) is 6.07 Å². The summed E-state index contributed by atoms with van der Waals surface area (Å²) in [4.78, 5) is 0. The van der Waals surface area contributed by atoms with Gasteiger partial charge in [-0.2, -0.15) is 0 Å². The van der Waals surface area contributed by atoms with Crippen LogP contribution in [0.5, 0.6) is 11.5 Å². The first-order chi connectivity index (χ1) is 8.83. The Labute approximate surface area is 108 Å². The lowest BCUT2D eigenvalue weighted by atomic mass is 10.00. The van der Waals surface area contributed by atoms with Crippen molar-refractivity contribution in [2.24, 2.45) is 5.92 Å². The van der Waals surface area contributed by atoms with Crippen LogP contribution < -0.4 is 14.8 Å². The SMILES string of the molecule is CNC(COc1cccc(OC)c1)C1CCOC1. The molecule has 1 N–H and O–H groups in total. The summed E-state index contributed by atoms with van der Waals surface area (Å²) >= 11 is 0. The molecule has 4 heteroatoms. The fraction of sp³-hybridized carbons (Fsp3) is 0.571. The average molecular weight is 251 g/mol. The van der Waals surface area contributed by atoms with E-state index in [0.29, 0.717) is 18.6 Å². The van der Waals surface area contributed by atoms with E-state index < -0.39 is 0 Å². The molecule has 1 saturated heterocycles. The van der Waals surface area contributed by atoms with Gasteiger partial charge in [0, 0.05) is 24.6 Å². The largest absolute Gasteiger partial charge is 0.497 e. The maximum atomic E-state index is 5.82. The van der Waals surface area contributed by atoms with Gasteiger partial charge in [-0.25, -0.2) is 0 Å². The Balaban J connectivity index is 1.88. The van der Waals surface area contributed by atoms with E-state index in [2.05, 4.69) is 5.32 Å². The van der Waals surface area contributed by atoms with Crippen molar-refractivity contribution in [2.45, 2.75) is 12.5 Å². The van der Waals surface area contributed by atoms with E-state index in [-0.39, 0.29) is 0 Å². The highest BCUT2D eigenvalue weighted by atomic mass is 16.5. The maximum absolute atomic E-state index is 5.82. The molecule has 100 valence electrons. The van der Waals surface area contributed by atoms with E-state index in [1.165, 1.54) is 0 Å². The predicted octanol–water partition coefficient (Wildman–Crippen LogP) is 1.70. The van der Waals surface area contributed by atoms with Crippen LogP contribution in [-0.4, -0.2) is 40.0 Å². The van der Waals surface area contributed by atoms with Crippen LogP contribution in [0, 0.1) is 5.92 Å². The van der Waals surface area contributed by atoms with Crippen molar-refractivity contribution in [3.05, 3.63) is 24.3 Å². The summed E-state index contributed by atoms with van der Waals surface area (Å²) in [5.41, 5.74) is 0. The number of ether oxygens (including phenoxy) is 3. The number of likely N-dealkylation sites (N-methyl/N-ethyl adjacent to an activating group) is 1. The Morgan fingerprint density at radius 3 is 2.94 bits per heavy atom. The molecule has 0 spiro atoms. The standard InChI is InChI=1S/C14H21NO3/c1-15-14(11-6-7-17-9-11)10-18-13-5-3-4-12(8-13)16-2/h3-5,8,11,14-15H,6-7,9-10H2,1-2H3. The second-order valence-electron chi connectivity index (χ2n) is 4.51. The van der Waals surface area contributed by atoms with E-state index in [1.807, 2.05) is 31.3 Å². The zero-order chi connectivity index (χ0) is 12.8. The van der Waals surface area contributed by atoms with Crippen LogP contribution in [0.25, 0.3) is 0 Å².